The van der Waals surface area contributed by atoms with E-state index >= 15 is 0 Å². The van der Waals surface area contributed by atoms with Crippen molar-refractivity contribution in [2.45, 2.75) is 26.8 Å². The molecule has 0 saturated carbocycles. The fourth-order valence-corrected chi connectivity index (χ4v) is 3.22. The first-order chi connectivity index (χ1) is 14.0. The van der Waals surface area contributed by atoms with Gasteiger partial charge in [-0.1, -0.05) is 48.5 Å². The SMILES string of the molecule is COC(=O)CCN(Cc1ccccc1)C(=O)c1cnn(-c2ccccc2C)c1C. The lowest BCUT2D eigenvalue weighted by molar-refractivity contribution is -0.140. The van der Waals surface area contributed by atoms with E-state index in [1.807, 2.05) is 68.4 Å². The van der Waals surface area contributed by atoms with Crippen LogP contribution in [0.5, 0.6) is 0 Å². The predicted octanol–water partition coefficient (Wildman–Crippen LogP) is 3.69. The molecule has 6 nitrogen and oxygen atoms in total. The van der Waals surface area contributed by atoms with Crippen LogP contribution in [-0.2, 0) is 16.1 Å². The number of methoxy groups -OCH3 is 1. The lowest BCUT2D eigenvalue weighted by Gasteiger charge is -2.22. The monoisotopic (exact) mass is 391 g/mol. The fourth-order valence-electron chi connectivity index (χ4n) is 3.22. The Balaban J connectivity index is 1.89. The molecule has 0 radical (unpaired) electrons. The van der Waals surface area contributed by atoms with Crippen LogP contribution in [0.2, 0.25) is 0 Å². The van der Waals surface area contributed by atoms with Crippen LogP contribution >= 0.6 is 0 Å². The number of hydrogen-bond acceptors (Lipinski definition) is 4. The Morgan fingerprint density at radius 2 is 1.72 bits per heavy atom. The summed E-state index contributed by atoms with van der Waals surface area (Å²) in [7, 11) is 1.35. The molecule has 6 heteroatoms. The molecule has 150 valence electrons. The van der Waals surface area contributed by atoms with Crippen molar-refractivity contribution in [2.24, 2.45) is 0 Å². The van der Waals surface area contributed by atoms with Gasteiger partial charge in [-0.3, -0.25) is 9.59 Å². The van der Waals surface area contributed by atoms with E-state index in [1.54, 1.807) is 15.8 Å². The number of ether oxygens (including phenoxy) is 1. The number of carbonyl (C=O) groups excluding carboxylic acids is 2. The topological polar surface area (TPSA) is 64.4 Å². The van der Waals surface area contributed by atoms with Gasteiger partial charge in [-0.05, 0) is 31.0 Å². The van der Waals surface area contributed by atoms with E-state index in [0.717, 1.165) is 22.5 Å². The van der Waals surface area contributed by atoms with E-state index in [-0.39, 0.29) is 24.8 Å². The number of amides is 1. The lowest BCUT2D eigenvalue weighted by atomic mass is 10.1. The van der Waals surface area contributed by atoms with Crippen LogP contribution in [0.25, 0.3) is 5.69 Å². The molecular weight excluding hydrogens is 366 g/mol. The lowest BCUT2D eigenvalue weighted by Crippen LogP contribution is -2.33. The molecule has 0 aliphatic rings. The van der Waals surface area contributed by atoms with Crippen LogP contribution in [0, 0.1) is 13.8 Å². The van der Waals surface area contributed by atoms with Crippen molar-refractivity contribution < 1.29 is 14.3 Å². The summed E-state index contributed by atoms with van der Waals surface area (Å²) in [6, 6.07) is 17.6. The third-order valence-corrected chi connectivity index (χ3v) is 4.90. The number of benzene rings is 2. The molecule has 0 aliphatic heterocycles. The van der Waals surface area contributed by atoms with Crippen LogP contribution < -0.4 is 0 Å². The van der Waals surface area contributed by atoms with Gasteiger partial charge < -0.3 is 9.64 Å². The fraction of sp³-hybridized carbons (Fsp3) is 0.261. The minimum Gasteiger partial charge on any atom is -0.469 e. The van der Waals surface area contributed by atoms with Gasteiger partial charge in [0.2, 0.25) is 0 Å². The van der Waals surface area contributed by atoms with Gasteiger partial charge in [0.05, 0.1) is 36.7 Å². The van der Waals surface area contributed by atoms with Crippen LogP contribution in [-0.4, -0.2) is 40.2 Å². The van der Waals surface area contributed by atoms with Gasteiger partial charge in [-0.15, -0.1) is 0 Å². The van der Waals surface area contributed by atoms with Crippen molar-refractivity contribution in [3.8, 4) is 5.69 Å². The summed E-state index contributed by atoms with van der Waals surface area (Å²) >= 11 is 0. The zero-order chi connectivity index (χ0) is 20.8. The van der Waals surface area contributed by atoms with Gasteiger partial charge in [0.1, 0.15) is 0 Å². The smallest absolute Gasteiger partial charge is 0.307 e. The number of para-hydroxylation sites is 1. The van der Waals surface area contributed by atoms with Crippen LogP contribution in [0.15, 0.2) is 60.8 Å². The van der Waals surface area contributed by atoms with Crippen LogP contribution in [0.4, 0.5) is 0 Å². The van der Waals surface area contributed by atoms with Crippen molar-refractivity contribution in [2.75, 3.05) is 13.7 Å². The molecule has 0 spiro atoms. The molecule has 0 N–H and O–H groups in total. The number of aryl methyl sites for hydroxylation is 1. The van der Waals surface area contributed by atoms with E-state index in [1.165, 1.54) is 7.11 Å². The standard InChI is InChI=1S/C23H25N3O3/c1-17-9-7-8-12-21(17)26-18(2)20(15-24-26)23(28)25(14-13-22(27)29-3)16-19-10-5-4-6-11-19/h4-12,15H,13-14,16H2,1-3H3. The molecule has 1 aromatic heterocycles. The first-order valence-electron chi connectivity index (χ1n) is 9.52. The first-order valence-corrected chi connectivity index (χ1v) is 9.52. The Hall–Kier alpha value is -3.41. The van der Waals surface area contributed by atoms with Crippen LogP contribution in [0.1, 0.15) is 33.6 Å². The second kappa shape index (κ2) is 9.19. The molecule has 0 saturated heterocycles. The Morgan fingerprint density at radius 3 is 2.41 bits per heavy atom. The second-order valence-corrected chi connectivity index (χ2v) is 6.88. The number of nitrogens with zero attached hydrogens (tertiary/aromatic N) is 3. The summed E-state index contributed by atoms with van der Waals surface area (Å²) in [6.45, 7) is 4.57. The van der Waals surface area contributed by atoms with Crippen molar-refractivity contribution in [1.82, 2.24) is 14.7 Å². The van der Waals surface area contributed by atoms with E-state index in [4.69, 9.17) is 4.74 Å². The maximum Gasteiger partial charge on any atom is 0.307 e. The Kier molecular flexibility index (Phi) is 6.44. The number of esters is 1. The molecule has 3 aromatic rings. The Bertz CT molecular complexity index is 996. The molecule has 2 aromatic carbocycles. The third-order valence-electron chi connectivity index (χ3n) is 4.90. The average molecular weight is 391 g/mol. The summed E-state index contributed by atoms with van der Waals surface area (Å²) in [6.07, 6.45) is 1.74. The van der Waals surface area contributed by atoms with Gasteiger partial charge >= 0.3 is 5.97 Å². The van der Waals surface area contributed by atoms with Gasteiger partial charge in [-0.2, -0.15) is 5.10 Å². The summed E-state index contributed by atoms with van der Waals surface area (Å²) in [5.41, 5.74) is 4.29. The van der Waals surface area contributed by atoms with Crippen molar-refractivity contribution in [3.05, 3.63) is 83.2 Å². The zero-order valence-corrected chi connectivity index (χ0v) is 17.0. The Labute approximate surface area is 170 Å². The summed E-state index contributed by atoms with van der Waals surface area (Å²) in [5, 5.41) is 4.45. The van der Waals surface area contributed by atoms with Gasteiger partial charge in [0.15, 0.2) is 0 Å². The largest absolute Gasteiger partial charge is 0.469 e. The maximum absolute atomic E-state index is 13.3. The molecule has 0 unspecified atom stereocenters. The number of hydrogen-bond donors (Lipinski definition) is 0. The van der Waals surface area contributed by atoms with Crippen molar-refractivity contribution >= 4 is 11.9 Å². The highest BCUT2D eigenvalue weighted by atomic mass is 16.5. The molecule has 0 aliphatic carbocycles. The number of aromatic nitrogens is 2. The van der Waals surface area contributed by atoms with Gasteiger partial charge in [0.25, 0.3) is 5.91 Å². The van der Waals surface area contributed by atoms with Crippen molar-refractivity contribution in [1.29, 1.82) is 0 Å². The van der Waals surface area contributed by atoms with Gasteiger partial charge in [0, 0.05) is 13.1 Å². The molecule has 3 rings (SSSR count). The minimum atomic E-state index is -0.344. The molecule has 1 amide bonds. The molecule has 0 fully saturated rings. The molecule has 29 heavy (non-hydrogen) atoms. The quantitative estimate of drug-likeness (QED) is 0.576. The predicted molar refractivity (Wildman–Crippen MR) is 111 cm³/mol. The summed E-state index contributed by atoms with van der Waals surface area (Å²) in [4.78, 5) is 26.6. The number of rotatable bonds is 7. The van der Waals surface area contributed by atoms with E-state index in [9.17, 15) is 9.59 Å². The second-order valence-electron chi connectivity index (χ2n) is 6.88. The highest BCUT2D eigenvalue weighted by Crippen LogP contribution is 2.20. The first kappa shape index (κ1) is 20.3. The number of carbonyl (C=O) groups is 2. The minimum absolute atomic E-state index is 0.139. The van der Waals surface area contributed by atoms with E-state index in [0.29, 0.717) is 12.1 Å². The normalized spacial score (nSPS) is 10.6. The molecule has 0 atom stereocenters. The summed E-state index contributed by atoms with van der Waals surface area (Å²) < 4.78 is 6.52. The van der Waals surface area contributed by atoms with Gasteiger partial charge in [-0.25, -0.2) is 4.68 Å². The zero-order valence-electron chi connectivity index (χ0n) is 17.0. The Morgan fingerprint density at radius 1 is 1.03 bits per heavy atom. The average Bonchev–Trinajstić information content (AvgIpc) is 3.12. The van der Waals surface area contributed by atoms with Crippen molar-refractivity contribution in [3.63, 3.8) is 0 Å². The molecule has 1 heterocycles. The summed E-state index contributed by atoms with van der Waals surface area (Å²) in [5.74, 6) is -0.502. The van der Waals surface area contributed by atoms with Crippen LogP contribution in [0.3, 0.4) is 0 Å². The highest BCUT2D eigenvalue weighted by Gasteiger charge is 2.22. The third kappa shape index (κ3) is 4.71. The molecule has 0 bridgehead atoms. The maximum atomic E-state index is 13.3. The van der Waals surface area contributed by atoms with E-state index < -0.39 is 0 Å². The molecular formula is C23H25N3O3. The van der Waals surface area contributed by atoms with E-state index in [2.05, 4.69) is 5.10 Å². The highest BCUT2D eigenvalue weighted by molar-refractivity contribution is 5.95.